The highest BCUT2D eigenvalue weighted by molar-refractivity contribution is 9.10. The summed E-state index contributed by atoms with van der Waals surface area (Å²) in [6.45, 7) is 7.42. The number of nitrogens with zero attached hydrogens (tertiary/aromatic N) is 1. The van der Waals surface area contributed by atoms with Gasteiger partial charge in [-0.15, -0.1) is 0 Å². The van der Waals surface area contributed by atoms with Gasteiger partial charge < -0.3 is 10.2 Å². The standard InChI is InChI=1S/C13H17BrN2O/c1-9-6-10(4-5-11(9)14)16-7-12(17)15-13(2,3)8-16/h4-6H,7-8H2,1-3H3,(H,15,17). The summed E-state index contributed by atoms with van der Waals surface area (Å²) in [5.74, 6) is 0.0850. The second-order valence-electron chi connectivity index (χ2n) is 5.22. The maximum Gasteiger partial charge on any atom is 0.239 e. The second-order valence-corrected chi connectivity index (χ2v) is 6.08. The zero-order valence-corrected chi connectivity index (χ0v) is 12.0. The van der Waals surface area contributed by atoms with Crippen LogP contribution >= 0.6 is 15.9 Å². The average Bonchev–Trinajstić information content (AvgIpc) is 2.19. The first-order valence-electron chi connectivity index (χ1n) is 5.69. The molecule has 1 aromatic rings. The Hall–Kier alpha value is -1.03. The maximum atomic E-state index is 11.7. The number of carbonyl (C=O) groups excluding carboxylic acids is 1. The molecular formula is C13H17BrN2O. The number of amides is 1. The van der Waals surface area contributed by atoms with Gasteiger partial charge in [0.1, 0.15) is 0 Å². The van der Waals surface area contributed by atoms with Crippen molar-refractivity contribution in [2.24, 2.45) is 0 Å². The first-order chi connectivity index (χ1) is 7.87. The summed E-state index contributed by atoms with van der Waals surface area (Å²) in [5, 5.41) is 2.99. The van der Waals surface area contributed by atoms with E-state index in [2.05, 4.69) is 39.1 Å². The number of carbonyl (C=O) groups is 1. The third kappa shape index (κ3) is 2.80. The minimum atomic E-state index is -0.170. The fourth-order valence-electron chi connectivity index (χ4n) is 2.17. The molecule has 0 radical (unpaired) electrons. The van der Waals surface area contributed by atoms with E-state index >= 15 is 0 Å². The zero-order valence-electron chi connectivity index (χ0n) is 10.4. The number of hydrogen-bond donors (Lipinski definition) is 1. The van der Waals surface area contributed by atoms with Crippen LogP contribution in [0.5, 0.6) is 0 Å². The van der Waals surface area contributed by atoms with Crippen molar-refractivity contribution in [3.05, 3.63) is 28.2 Å². The molecular weight excluding hydrogens is 280 g/mol. The summed E-state index contributed by atoms with van der Waals surface area (Å²) < 4.78 is 1.10. The molecule has 92 valence electrons. The van der Waals surface area contributed by atoms with E-state index in [1.54, 1.807) is 0 Å². The maximum absolute atomic E-state index is 11.7. The molecule has 2 rings (SSSR count). The van der Waals surface area contributed by atoms with E-state index in [1.165, 1.54) is 5.56 Å². The lowest BCUT2D eigenvalue weighted by Gasteiger charge is -2.39. The van der Waals surface area contributed by atoms with Gasteiger partial charge in [-0.1, -0.05) is 15.9 Å². The molecule has 1 heterocycles. The van der Waals surface area contributed by atoms with Crippen molar-refractivity contribution in [2.75, 3.05) is 18.0 Å². The van der Waals surface area contributed by atoms with E-state index in [9.17, 15) is 4.79 Å². The Labute approximate surface area is 110 Å². The molecule has 17 heavy (non-hydrogen) atoms. The average molecular weight is 297 g/mol. The minimum Gasteiger partial charge on any atom is -0.360 e. The van der Waals surface area contributed by atoms with Gasteiger partial charge in [0.2, 0.25) is 5.91 Å². The molecule has 0 unspecified atom stereocenters. The van der Waals surface area contributed by atoms with Crippen molar-refractivity contribution in [2.45, 2.75) is 26.3 Å². The molecule has 1 amide bonds. The van der Waals surface area contributed by atoms with Gasteiger partial charge in [-0.05, 0) is 44.5 Å². The van der Waals surface area contributed by atoms with Crippen molar-refractivity contribution in [3.8, 4) is 0 Å². The molecule has 0 saturated carbocycles. The Bertz CT molecular complexity index is 457. The highest BCUT2D eigenvalue weighted by atomic mass is 79.9. The van der Waals surface area contributed by atoms with E-state index in [-0.39, 0.29) is 11.4 Å². The third-order valence-electron chi connectivity index (χ3n) is 2.91. The van der Waals surface area contributed by atoms with Gasteiger partial charge in [-0.25, -0.2) is 0 Å². The van der Waals surface area contributed by atoms with Gasteiger partial charge in [0, 0.05) is 16.7 Å². The quantitative estimate of drug-likeness (QED) is 0.863. The normalized spacial score (nSPS) is 19.1. The highest BCUT2D eigenvalue weighted by Gasteiger charge is 2.30. The lowest BCUT2D eigenvalue weighted by molar-refractivity contribution is -0.122. The Balaban J connectivity index is 2.27. The fraction of sp³-hybridized carbons (Fsp3) is 0.462. The van der Waals surface area contributed by atoms with Crippen LogP contribution in [0, 0.1) is 6.92 Å². The molecule has 0 bridgehead atoms. The fourth-order valence-corrected chi connectivity index (χ4v) is 2.42. The summed E-state index contributed by atoms with van der Waals surface area (Å²) in [5.41, 5.74) is 2.12. The molecule has 1 fully saturated rings. The zero-order chi connectivity index (χ0) is 12.6. The van der Waals surface area contributed by atoms with Gasteiger partial charge in [0.25, 0.3) is 0 Å². The summed E-state index contributed by atoms with van der Waals surface area (Å²) in [6.07, 6.45) is 0. The van der Waals surface area contributed by atoms with Crippen LogP contribution in [-0.2, 0) is 4.79 Å². The van der Waals surface area contributed by atoms with Crippen LogP contribution in [0.4, 0.5) is 5.69 Å². The molecule has 0 spiro atoms. The number of aryl methyl sites for hydroxylation is 1. The molecule has 0 atom stereocenters. The van der Waals surface area contributed by atoms with Crippen molar-refractivity contribution in [3.63, 3.8) is 0 Å². The Morgan fingerprint density at radius 2 is 2.12 bits per heavy atom. The van der Waals surface area contributed by atoms with E-state index in [1.807, 2.05) is 26.0 Å². The molecule has 1 aliphatic heterocycles. The van der Waals surface area contributed by atoms with Gasteiger partial charge in [-0.2, -0.15) is 0 Å². The number of rotatable bonds is 1. The van der Waals surface area contributed by atoms with Crippen LogP contribution < -0.4 is 10.2 Å². The number of benzene rings is 1. The van der Waals surface area contributed by atoms with Crippen LogP contribution in [0.25, 0.3) is 0 Å². The van der Waals surface area contributed by atoms with Crippen LogP contribution in [0.3, 0.4) is 0 Å². The number of anilines is 1. The Morgan fingerprint density at radius 1 is 1.41 bits per heavy atom. The Morgan fingerprint density at radius 3 is 2.71 bits per heavy atom. The van der Waals surface area contributed by atoms with E-state index in [4.69, 9.17) is 0 Å². The van der Waals surface area contributed by atoms with Crippen LogP contribution in [0.15, 0.2) is 22.7 Å². The molecule has 3 nitrogen and oxygen atoms in total. The summed E-state index contributed by atoms with van der Waals surface area (Å²) in [6, 6.07) is 6.19. The first kappa shape index (κ1) is 12.4. The van der Waals surface area contributed by atoms with Crippen LogP contribution in [-0.4, -0.2) is 24.5 Å². The SMILES string of the molecule is Cc1cc(N2CC(=O)NC(C)(C)C2)ccc1Br. The smallest absolute Gasteiger partial charge is 0.239 e. The van der Waals surface area contributed by atoms with Crippen molar-refractivity contribution < 1.29 is 4.79 Å². The van der Waals surface area contributed by atoms with Crippen molar-refractivity contribution in [1.29, 1.82) is 0 Å². The number of halogens is 1. The minimum absolute atomic E-state index is 0.0850. The predicted octanol–water partition coefficient (Wildman–Crippen LogP) is 2.47. The highest BCUT2D eigenvalue weighted by Crippen LogP contribution is 2.25. The van der Waals surface area contributed by atoms with Crippen LogP contribution in [0.2, 0.25) is 0 Å². The first-order valence-corrected chi connectivity index (χ1v) is 6.49. The molecule has 1 aliphatic rings. The Kier molecular flexibility index (Phi) is 3.17. The van der Waals surface area contributed by atoms with E-state index in [0.29, 0.717) is 6.54 Å². The van der Waals surface area contributed by atoms with E-state index in [0.717, 1.165) is 16.7 Å². The summed E-state index contributed by atoms with van der Waals surface area (Å²) in [4.78, 5) is 13.8. The van der Waals surface area contributed by atoms with Gasteiger partial charge >= 0.3 is 0 Å². The topological polar surface area (TPSA) is 32.3 Å². The number of piperazine rings is 1. The van der Waals surface area contributed by atoms with Gasteiger partial charge in [0.05, 0.1) is 12.1 Å². The van der Waals surface area contributed by atoms with Crippen molar-refractivity contribution >= 4 is 27.5 Å². The molecule has 0 aliphatic carbocycles. The lowest BCUT2D eigenvalue weighted by Crippen LogP contribution is -2.60. The summed E-state index contributed by atoms with van der Waals surface area (Å²) in [7, 11) is 0. The molecule has 1 saturated heterocycles. The van der Waals surface area contributed by atoms with Gasteiger partial charge in [0.15, 0.2) is 0 Å². The molecule has 4 heteroatoms. The second kappa shape index (κ2) is 4.33. The molecule has 1 N–H and O–H groups in total. The van der Waals surface area contributed by atoms with Crippen molar-refractivity contribution in [1.82, 2.24) is 5.32 Å². The predicted molar refractivity (Wildman–Crippen MR) is 73.3 cm³/mol. The summed E-state index contributed by atoms with van der Waals surface area (Å²) >= 11 is 3.49. The largest absolute Gasteiger partial charge is 0.360 e. The van der Waals surface area contributed by atoms with E-state index < -0.39 is 0 Å². The monoisotopic (exact) mass is 296 g/mol. The molecule has 1 aromatic carbocycles. The number of nitrogens with one attached hydrogen (secondary N) is 1. The van der Waals surface area contributed by atoms with Crippen LogP contribution in [0.1, 0.15) is 19.4 Å². The third-order valence-corrected chi connectivity index (χ3v) is 3.79. The lowest BCUT2D eigenvalue weighted by atomic mass is 10.0. The van der Waals surface area contributed by atoms with Gasteiger partial charge in [-0.3, -0.25) is 4.79 Å². The number of hydrogen-bond acceptors (Lipinski definition) is 2. The molecule has 0 aromatic heterocycles.